The zero-order valence-electron chi connectivity index (χ0n) is 11.2. The Kier molecular flexibility index (Phi) is 5.59. The number of hydrogen-bond donors (Lipinski definition) is 1. The van der Waals surface area contributed by atoms with E-state index in [1.165, 1.54) is 0 Å². The number of nitrogens with one attached hydrogen (secondary N) is 1. The van der Waals surface area contributed by atoms with E-state index in [0.29, 0.717) is 18.2 Å². The van der Waals surface area contributed by atoms with Crippen LogP contribution in [0.15, 0.2) is 0 Å². The molecule has 4 nitrogen and oxygen atoms in total. The Morgan fingerprint density at radius 3 is 2.65 bits per heavy atom. The summed E-state index contributed by atoms with van der Waals surface area (Å²) in [5.74, 6) is 1.40. The van der Waals surface area contributed by atoms with Gasteiger partial charge in [0.25, 0.3) is 0 Å². The molecule has 0 aromatic carbocycles. The molecular formula is C12H24N2O2S. The summed E-state index contributed by atoms with van der Waals surface area (Å²) in [5, 5.41) is 3.26. The Bertz CT molecular complexity index is 294. The van der Waals surface area contributed by atoms with Gasteiger partial charge in [0.1, 0.15) is 0 Å². The largest absolute Gasteiger partial charge is 0.323 e. The van der Waals surface area contributed by atoms with Gasteiger partial charge in [-0.05, 0) is 25.7 Å². The third-order valence-electron chi connectivity index (χ3n) is 3.11. The molecule has 1 heterocycles. The summed E-state index contributed by atoms with van der Waals surface area (Å²) in [7, 11) is -0.778. The van der Waals surface area contributed by atoms with Gasteiger partial charge in [-0.25, -0.2) is 0 Å². The van der Waals surface area contributed by atoms with Crippen LogP contribution in [0.1, 0.15) is 33.6 Å². The van der Waals surface area contributed by atoms with Crippen molar-refractivity contribution in [2.75, 3.05) is 18.6 Å². The standard InChI is InChI=1S/C12H24N2O2S/c1-9(2)7-11-13-8-12(15)14(11)10(3)5-6-17(4)16/h9-11,13H,5-8H2,1-4H3. The maximum Gasteiger partial charge on any atom is 0.238 e. The third-order valence-corrected chi connectivity index (χ3v) is 3.92. The van der Waals surface area contributed by atoms with Crippen molar-refractivity contribution in [3.8, 4) is 0 Å². The van der Waals surface area contributed by atoms with Gasteiger partial charge in [0, 0.05) is 28.9 Å². The van der Waals surface area contributed by atoms with Gasteiger partial charge >= 0.3 is 0 Å². The second-order valence-corrected chi connectivity index (χ2v) is 6.80. The molecule has 0 radical (unpaired) electrons. The van der Waals surface area contributed by atoms with E-state index < -0.39 is 10.8 Å². The molecule has 1 fully saturated rings. The summed E-state index contributed by atoms with van der Waals surface area (Å²) in [6, 6.07) is 0.171. The monoisotopic (exact) mass is 260 g/mol. The molecule has 3 atom stereocenters. The lowest BCUT2D eigenvalue weighted by atomic mass is 10.1. The van der Waals surface area contributed by atoms with Crippen molar-refractivity contribution < 1.29 is 9.00 Å². The molecule has 0 aromatic heterocycles. The van der Waals surface area contributed by atoms with Crippen LogP contribution < -0.4 is 5.32 Å². The van der Waals surface area contributed by atoms with Crippen molar-refractivity contribution in [2.45, 2.75) is 45.8 Å². The van der Waals surface area contributed by atoms with Crippen LogP contribution in [0.25, 0.3) is 0 Å². The Morgan fingerprint density at radius 2 is 2.12 bits per heavy atom. The van der Waals surface area contributed by atoms with Crippen LogP contribution in [0.3, 0.4) is 0 Å². The van der Waals surface area contributed by atoms with E-state index in [1.807, 2.05) is 11.8 Å². The van der Waals surface area contributed by atoms with Crippen molar-refractivity contribution in [1.82, 2.24) is 10.2 Å². The zero-order valence-corrected chi connectivity index (χ0v) is 12.0. The van der Waals surface area contributed by atoms with E-state index in [4.69, 9.17) is 0 Å². The number of hydrogen-bond acceptors (Lipinski definition) is 3. The van der Waals surface area contributed by atoms with Crippen molar-refractivity contribution in [3.63, 3.8) is 0 Å². The van der Waals surface area contributed by atoms with Crippen molar-refractivity contribution >= 4 is 16.7 Å². The smallest absolute Gasteiger partial charge is 0.238 e. The molecule has 100 valence electrons. The van der Waals surface area contributed by atoms with Crippen LogP contribution in [0.5, 0.6) is 0 Å². The van der Waals surface area contributed by atoms with Gasteiger partial charge in [0.2, 0.25) is 5.91 Å². The topological polar surface area (TPSA) is 49.4 Å². The number of carbonyl (C=O) groups is 1. The fraction of sp³-hybridized carbons (Fsp3) is 0.917. The molecule has 1 aliphatic heterocycles. The Morgan fingerprint density at radius 1 is 1.47 bits per heavy atom. The second kappa shape index (κ2) is 6.50. The Labute approximate surface area is 107 Å². The highest BCUT2D eigenvalue weighted by molar-refractivity contribution is 7.84. The fourth-order valence-electron chi connectivity index (χ4n) is 2.24. The van der Waals surface area contributed by atoms with E-state index in [9.17, 15) is 9.00 Å². The normalized spacial score (nSPS) is 24.4. The summed E-state index contributed by atoms with van der Waals surface area (Å²) in [6.45, 7) is 6.81. The van der Waals surface area contributed by atoms with Gasteiger partial charge in [-0.3, -0.25) is 14.3 Å². The van der Waals surface area contributed by atoms with Gasteiger partial charge < -0.3 is 4.90 Å². The summed E-state index contributed by atoms with van der Waals surface area (Å²) in [6.07, 6.45) is 3.65. The number of carbonyl (C=O) groups excluding carboxylic acids is 1. The van der Waals surface area contributed by atoms with Crippen LogP contribution in [-0.4, -0.2) is 45.8 Å². The molecular weight excluding hydrogens is 236 g/mol. The predicted octanol–water partition coefficient (Wildman–Crippen LogP) is 0.947. The van der Waals surface area contributed by atoms with Gasteiger partial charge in [-0.15, -0.1) is 0 Å². The van der Waals surface area contributed by atoms with Crippen LogP contribution in [0, 0.1) is 5.92 Å². The number of rotatable bonds is 6. The Hall–Kier alpha value is -0.420. The van der Waals surface area contributed by atoms with Crippen LogP contribution in [0.4, 0.5) is 0 Å². The fourth-order valence-corrected chi connectivity index (χ4v) is 2.91. The molecule has 1 rings (SSSR count). The van der Waals surface area contributed by atoms with Crippen molar-refractivity contribution in [1.29, 1.82) is 0 Å². The number of nitrogens with zero attached hydrogens (tertiary/aromatic N) is 1. The van der Waals surface area contributed by atoms with Gasteiger partial charge in [0.15, 0.2) is 0 Å². The molecule has 1 saturated heterocycles. The molecule has 3 unspecified atom stereocenters. The van der Waals surface area contributed by atoms with E-state index in [2.05, 4.69) is 19.2 Å². The first-order chi connectivity index (χ1) is 7.91. The molecule has 0 aliphatic carbocycles. The third kappa shape index (κ3) is 4.39. The highest BCUT2D eigenvalue weighted by Crippen LogP contribution is 2.18. The zero-order chi connectivity index (χ0) is 13.0. The lowest BCUT2D eigenvalue weighted by molar-refractivity contribution is -0.130. The minimum atomic E-state index is -0.778. The Balaban J connectivity index is 2.57. The predicted molar refractivity (Wildman–Crippen MR) is 71.1 cm³/mol. The van der Waals surface area contributed by atoms with E-state index in [-0.39, 0.29) is 18.1 Å². The highest BCUT2D eigenvalue weighted by Gasteiger charge is 2.33. The minimum absolute atomic E-state index is 0.155. The minimum Gasteiger partial charge on any atom is -0.323 e. The molecule has 5 heteroatoms. The molecule has 1 aliphatic rings. The SMILES string of the molecule is CC(C)CC1NCC(=O)N1C(C)CCS(C)=O. The average Bonchev–Trinajstić information content (AvgIpc) is 2.55. The van der Waals surface area contributed by atoms with E-state index in [0.717, 1.165) is 12.8 Å². The van der Waals surface area contributed by atoms with Crippen LogP contribution >= 0.6 is 0 Å². The first-order valence-electron chi connectivity index (χ1n) is 6.26. The summed E-state index contributed by atoms with van der Waals surface area (Å²) >= 11 is 0. The molecule has 17 heavy (non-hydrogen) atoms. The first kappa shape index (κ1) is 14.6. The average molecular weight is 260 g/mol. The van der Waals surface area contributed by atoms with E-state index >= 15 is 0 Å². The molecule has 0 saturated carbocycles. The summed E-state index contributed by atoms with van der Waals surface area (Å²) in [5.41, 5.74) is 0. The lowest BCUT2D eigenvalue weighted by Gasteiger charge is -2.31. The molecule has 0 bridgehead atoms. The van der Waals surface area contributed by atoms with Crippen LogP contribution in [0.2, 0.25) is 0 Å². The maximum absolute atomic E-state index is 11.8. The molecule has 0 spiro atoms. The van der Waals surface area contributed by atoms with Gasteiger partial charge in [-0.2, -0.15) is 0 Å². The van der Waals surface area contributed by atoms with Gasteiger partial charge in [0.05, 0.1) is 12.7 Å². The number of amides is 1. The summed E-state index contributed by atoms with van der Waals surface area (Å²) in [4.78, 5) is 13.8. The van der Waals surface area contributed by atoms with Gasteiger partial charge in [-0.1, -0.05) is 13.8 Å². The molecule has 0 aromatic rings. The highest BCUT2D eigenvalue weighted by atomic mass is 32.2. The second-order valence-electron chi connectivity index (χ2n) is 5.24. The molecule has 1 amide bonds. The molecule has 1 N–H and O–H groups in total. The van der Waals surface area contributed by atoms with Crippen molar-refractivity contribution in [2.24, 2.45) is 5.92 Å². The quantitative estimate of drug-likeness (QED) is 0.773. The van der Waals surface area contributed by atoms with Crippen LogP contribution in [-0.2, 0) is 15.6 Å². The first-order valence-corrected chi connectivity index (χ1v) is 7.99. The van der Waals surface area contributed by atoms with E-state index in [1.54, 1.807) is 6.26 Å². The summed E-state index contributed by atoms with van der Waals surface area (Å²) < 4.78 is 11.1. The van der Waals surface area contributed by atoms with Crippen molar-refractivity contribution in [3.05, 3.63) is 0 Å². The lowest BCUT2D eigenvalue weighted by Crippen LogP contribution is -2.44. The maximum atomic E-state index is 11.8.